The maximum Gasteiger partial charge on any atom is 0.335 e. The summed E-state index contributed by atoms with van der Waals surface area (Å²) in [7, 11) is 0. The number of aromatic carboxylic acids is 1. The number of fused-ring (bicyclic) bond motifs is 1. The number of imidazole rings is 1. The second kappa shape index (κ2) is 4.37. The molecule has 0 atom stereocenters. The molecule has 4 nitrogen and oxygen atoms in total. The van der Waals surface area contributed by atoms with E-state index in [2.05, 4.69) is 16.5 Å². The quantitative estimate of drug-likeness (QED) is 0.915. The summed E-state index contributed by atoms with van der Waals surface area (Å²) in [5.41, 5.74) is 2.53. The predicted octanol–water partition coefficient (Wildman–Crippen LogP) is 3.31. The van der Waals surface area contributed by atoms with Crippen molar-refractivity contribution < 1.29 is 9.90 Å². The monoisotopic (exact) mass is 258 g/mol. The van der Waals surface area contributed by atoms with Crippen molar-refractivity contribution >= 4 is 17.0 Å². The molecule has 1 aliphatic carbocycles. The Morgan fingerprint density at radius 3 is 2.84 bits per heavy atom. The van der Waals surface area contributed by atoms with E-state index in [0.717, 1.165) is 17.6 Å². The molecule has 0 unspecified atom stereocenters. The van der Waals surface area contributed by atoms with Crippen LogP contribution in [0.4, 0.5) is 0 Å². The molecule has 2 aromatic rings. The molecule has 0 amide bonds. The SMILES string of the molecule is CCC1(Cn2cnc3cc(C(=O)O)ccc32)CCC1. The maximum absolute atomic E-state index is 10.9. The van der Waals surface area contributed by atoms with Gasteiger partial charge in [0.05, 0.1) is 22.9 Å². The van der Waals surface area contributed by atoms with Crippen molar-refractivity contribution in [1.82, 2.24) is 9.55 Å². The van der Waals surface area contributed by atoms with Crippen LogP contribution in [-0.4, -0.2) is 20.6 Å². The molecule has 0 spiro atoms. The van der Waals surface area contributed by atoms with Crippen molar-refractivity contribution in [1.29, 1.82) is 0 Å². The fourth-order valence-corrected chi connectivity index (χ4v) is 2.98. The van der Waals surface area contributed by atoms with Gasteiger partial charge in [-0.2, -0.15) is 0 Å². The summed E-state index contributed by atoms with van der Waals surface area (Å²) in [5.74, 6) is -0.902. The van der Waals surface area contributed by atoms with E-state index in [1.807, 2.05) is 12.4 Å². The van der Waals surface area contributed by atoms with Crippen molar-refractivity contribution in [3.05, 3.63) is 30.1 Å². The lowest BCUT2D eigenvalue weighted by Crippen LogP contribution is -2.33. The van der Waals surface area contributed by atoms with Gasteiger partial charge in [-0.3, -0.25) is 0 Å². The Labute approximate surface area is 112 Å². The molecule has 1 saturated carbocycles. The average molecular weight is 258 g/mol. The molecule has 19 heavy (non-hydrogen) atoms. The third kappa shape index (κ3) is 2.01. The minimum absolute atomic E-state index is 0.298. The van der Waals surface area contributed by atoms with Crippen molar-refractivity contribution in [2.75, 3.05) is 0 Å². The van der Waals surface area contributed by atoms with Crippen LogP contribution in [0.3, 0.4) is 0 Å². The number of carboxylic acids is 1. The summed E-state index contributed by atoms with van der Waals surface area (Å²) >= 11 is 0. The fourth-order valence-electron chi connectivity index (χ4n) is 2.98. The third-order valence-electron chi connectivity index (χ3n) is 4.54. The van der Waals surface area contributed by atoms with Gasteiger partial charge in [0.2, 0.25) is 0 Å². The zero-order valence-corrected chi connectivity index (χ0v) is 11.1. The number of nitrogens with zero attached hydrogens (tertiary/aromatic N) is 2. The van der Waals surface area contributed by atoms with E-state index in [4.69, 9.17) is 5.11 Å². The lowest BCUT2D eigenvalue weighted by molar-refractivity contribution is 0.0697. The first-order valence-corrected chi connectivity index (χ1v) is 6.82. The lowest BCUT2D eigenvalue weighted by Gasteiger charge is -2.41. The molecule has 4 heteroatoms. The summed E-state index contributed by atoms with van der Waals surface area (Å²) in [6.07, 6.45) is 6.93. The first-order valence-electron chi connectivity index (χ1n) is 6.82. The molecule has 1 heterocycles. The Bertz CT molecular complexity index is 621. The molecule has 1 fully saturated rings. The molecule has 1 aromatic heterocycles. The summed E-state index contributed by atoms with van der Waals surface area (Å²) in [6, 6.07) is 5.17. The van der Waals surface area contributed by atoms with Gasteiger partial charge < -0.3 is 9.67 Å². The Kier molecular flexibility index (Phi) is 2.81. The molecule has 0 radical (unpaired) electrons. The number of benzene rings is 1. The first kappa shape index (κ1) is 12.2. The van der Waals surface area contributed by atoms with Crippen molar-refractivity contribution in [3.63, 3.8) is 0 Å². The number of hydrogen-bond donors (Lipinski definition) is 1. The summed E-state index contributed by atoms with van der Waals surface area (Å²) in [5, 5.41) is 8.99. The highest BCUT2D eigenvalue weighted by molar-refractivity contribution is 5.92. The van der Waals surface area contributed by atoms with Crippen LogP contribution < -0.4 is 0 Å². The third-order valence-corrected chi connectivity index (χ3v) is 4.54. The first-order chi connectivity index (χ1) is 9.13. The van der Waals surface area contributed by atoms with Crippen LogP contribution in [0, 0.1) is 5.41 Å². The number of hydrogen-bond acceptors (Lipinski definition) is 2. The maximum atomic E-state index is 10.9. The normalized spacial score (nSPS) is 17.3. The Hall–Kier alpha value is -1.84. The zero-order valence-electron chi connectivity index (χ0n) is 11.1. The summed E-state index contributed by atoms with van der Waals surface area (Å²) < 4.78 is 2.17. The molecule has 3 rings (SSSR count). The Morgan fingerprint density at radius 2 is 2.26 bits per heavy atom. The van der Waals surface area contributed by atoms with E-state index in [1.54, 1.807) is 12.1 Å². The molecule has 0 saturated heterocycles. The van der Waals surface area contributed by atoms with E-state index >= 15 is 0 Å². The Morgan fingerprint density at radius 1 is 1.47 bits per heavy atom. The van der Waals surface area contributed by atoms with Gasteiger partial charge in [0.25, 0.3) is 0 Å². The van der Waals surface area contributed by atoms with Gasteiger partial charge in [0.15, 0.2) is 0 Å². The number of carbonyl (C=O) groups is 1. The van der Waals surface area contributed by atoms with Crippen molar-refractivity contribution in [2.45, 2.75) is 39.2 Å². The lowest BCUT2D eigenvalue weighted by atomic mass is 9.67. The van der Waals surface area contributed by atoms with Gasteiger partial charge in [0, 0.05) is 6.54 Å². The molecule has 1 aliphatic rings. The number of aromatic nitrogens is 2. The smallest absolute Gasteiger partial charge is 0.335 e. The zero-order chi connectivity index (χ0) is 13.5. The van der Waals surface area contributed by atoms with Gasteiger partial charge in [-0.1, -0.05) is 13.3 Å². The van der Waals surface area contributed by atoms with E-state index in [1.165, 1.54) is 25.7 Å². The molecule has 0 aliphatic heterocycles. The largest absolute Gasteiger partial charge is 0.478 e. The molecule has 1 N–H and O–H groups in total. The summed E-state index contributed by atoms with van der Waals surface area (Å²) in [4.78, 5) is 15.3. The van der Waals surface area contributed by atoms with Crippen LogP contribution in [0.5, 0.6) is 0 Å². The summed E-state index contributed by atoms with van der Waals surface area (Å²) in [6.45, 7) is 3.24. The predicted molar refractivity (Wildman–Crippen MR) is 73.3 cm³/mol. The van der Waals surface area contributed by atoms with Crippen LogP contribution in [0.15, 0.2) is 24.5 Å². The topological polar surface area (TPSA) is 55.1 Å². The van der Waals surface area contributed by atoms with Crippen LogP contribution in [0.25, 0.3) is 11.0 Å². The van der Waals surface area contributed by atoms with Gasteiger partial charge >= 0.3 is 5.97 Å². The second-order valence-corrected chi connectivity index (χ2v) is 5.59. The average Bonchev–Trinajstić information content (AvgIpc) is 2.76. The molecule has 100 valence electrons. The van der Waals surface area contributed by atoms with Gasteiger partial charge in [-0.15, -0.1) is 0 Å². The van der Waals surface area contributed by atoms with Gasteiger partial charge in [0.1, 0.15) is 0 Å². The van der Waals surface area contributed by atoms with Crippen molar-refractivity contribution in [3.8, 4) is 0 Å². The van der Waals surface area contributed by atoms with E-state index in [-0.39, 0.29) is 0 Å². The van der Waals surface area contributed by atoms with E-state index in [0.29, 0.717) is 11.0 Å². The molecule has 1 aromatic carbocycles. The minimum atomic E-state index is -0.902. The fraction of sp³-hybridized carbons (Fsp3) is 0.467. The highest BCUT2D eigenvalue weighted by atomic mass is 16.4. The second-order valence-electron chi connectivity index (χ2n) is 5.59. The van der Waals surface area contributed by atoms with Gasteiger partial charge in [-0.25, -0.2) is 9.78 Å². The highest BCUT2D eigenvalue weighted by Crippen LogP contribution is 2.45. The Balaban J connectivity index is 1.95. The number of rotatable bonds is 4. The van der Waals surface area contributed by atoms with Crippen LogP contribution in [0.1, 0.15) is 43.0 Å². The molecular formula is C15H18N2O2. The van der Waals surface area contributed by atoms with Crippen LogP contribution in [-0.2, 0) is 6.54 Å². The number of carboxylic acid groups (broad SMARTS) is 1. The standard InChI is InChI=1S/C15H18N2O2/c1-2-15(6-3-7-15)9-17-10-16-12-8-11(14(18)19)4-5-13(12)17/h4-5,8,10H,2-3,6-7,9H2,1H3,(H,18,19). The highest BCUT2D eigenvalue weighted by Gasteiger charge is 2.35. The van der Waals surface area contributed by atoms with Gasteiger partial charge in [-0.05, 0) is 42.9 Å². The minimum Gasteiger partial charge on any atom is -0.478 e. The van der Waals surface area contributed by atoms with Crippen molar-refractivity contribution in [2.24, 2.45) is 5.41 Å². The van der Waals surface area contributed by atoms with E-state index in [9.17, 15) is 4.79 Å². The van der Waals surface area contributed by atoms with Crippen LogP contribution in [0.2, 0.25) is 0 Å². The van der Waals surface area contributed by atoms with E-state index < -0.39 is 5.97 Å². The molecule has 0 bridgehead atoms. The molecular weight excluding hydrogens is 240 g/mol. The van der Waals surface area contributed by atoms with Crippen LogP contribution >= 0.6 is 0 Å².